The first-order valence-electron chi connectivity index (χ1n) is 4.38. The summed E-state index contributed by atoms with van der Waals surface area (Å²) in [5.74, 6) is -1.83. The van der Waals surface area contributed by atoms with E-state index in [1.54, 1.807) is 22.6 Å². The molecule has 0 saturated carbocycles. The molecule has 0 fully saturated rings. The van der Waals surface area contributed by atoms with Crippen LogP contribution >= 0.6 is 34.2 Å². The minimum Gasteiger partial charge on any atom is -0.464 e. The lowest BCUT2D eigenvalue weighted by atomic mass is 10.2. The van der Waals surface area contributed by atoms with Crippen molar-refractivity contribution in [2.45, 2.75) is 12.2 Å². The van der Waals surface area contributed by atoms with Crippen LogP contribution in [0.3, 0.4) is 0 Å². The molecule has 0 aliphatic rings. The van der Waals surface area contributed by atoms with Crippen molar-refractivity contribution >= 4 is 40.2 Å². The Bertz CT molecular complexity index is 467. The number of carbonyl (C=O) groups is 1. The summed E-state index contributed by atoms with van der Waals surface area (Å²) in [6, 6.07) is 1.27. The summed E-state index contributed by atoms with van der Waals surface area (Å²) in [5.41, 5.74) is -0.225. The highest BCUT2D eigenvalue weighted by Gasteiger charge is 2.33. The van der Waals surface area contributed by atoms with E-state index >= 15 is 0 Å². The van der Waals surface area contributed by atoms with E-state index in [2.05, 4.69) is 14.5 Å². The second-order valence-corrected chi connectivity index (χ2v) is 4.38. The van der Waals surface area contributed by atoms with Crippen molar-refractivity contribution in [1.29, 1.82) is 0 Å². The Hall–Kier alpha value is -0.770. The summed E-state index contributed by atoms with van der Waals surface area (Å²) in [5, 5.41) is 0. The second kappa shape index (κ2) is 5.91. The number of rotatable bonds is 3. The van der Waals surface area contributed by atoms with Crippen molar-refractivity contribution in [2.24, 2.45) is 0 Å². The van der Waals surface area contributed by atoms with Gasteiger partial charge in [-0.3, -0.25) is 0 Å². The largest absolute Gasteiger partial charge is 0.574 e. The summed E-state index contributed by atoms with van der Waals surface area (Å²) >= 11 is 7.26. The Balaban J connectivity index is 3.28. The zero-order valence-electron chi connectivity index (χ0n) is 8.85. The highest BCUT2D eigenvalue weighted by atomic mass is 127. The van der Waals surface area contributed by atoms with Crippen LogP contribution in [-0.2, 0) is 10.6 Å². The molecule has 1 rings (SSSR count). The lowest BCUT2D eigenvalue weighted by Gasteiger charge is -2.13. The molecular formula is C9H6ClF3INO3. The van der Waals surface area contributed by atoms with E-state index in [4.69, 9.17) is 11.6 Å². The molecule has 1 aromatic heterocycles. The highest BCUT2D eigenvalue weighted by molar-refractivity contribution is 14.1. The standard InChI is InChI=1S/C9H6ClF3INO3/c1-17-8(16)6-2-5(14)4(3-10)7(15-6)18-9(11,12)13/h2H,3H2,1H3. The smallest absolute Gasteiger partial charge is 0.464 e. The van der Waals surface area contributed by atoms with Gasteiger partial charge in [0.2, 0.25) is 5.88 Å². The van der Waals surface area contributed by atoms with Gasteiger partial charge in [-0.25, -0.2) is 9.78 Å². The summed E-state index contributed by atoms with van der Waals surface area (Å²) in [6.45, 7) is 0. The van der Waals surface area contributed by atoms with E-state index in [0.717, 1.165) is 7.11 Å². The lowest BCUT2D eigenvalue weighted by molar-refractivity contribution is -0.276. The number of halogens is 5. The monoisotopic (exact) mass is 395 g/mol. The highest BCUT2D eigenvalue weighted by Crippen LogP contribution is 2.29. The molecular weight excluding hydrogens is 389 g/mol. The zero-order chi connectivity index (χ0) is 13.9. The Morgan fingerprint density at radius 2 is 2.17 bits per heavy atom. The molecule has 0 aliphatic heterocycles. The Kier molecular flexibility index (Phi) is 5.02. The van der Waals surface area contributed by atoms with Crippen LogP contribution in [0.1, 0.15) is 16.1 Å². The number of nitrogens with zero attached hydrogens (tertiary/aromatic N) is 1. The van der Waals surface area contributed by atoms with Gasteiger partial charge >= 0.3 is 12.3 Å². The molecule has 0 unspecified atom stereocenters. The third-order valence-corrected chi connectivity index (χ3v) is 3.00. The van der Waals surface area contributed by atoms with Gasteiger partial charge in [0.25, 0.3) is 0 Å². The quantitative estimate of drug-likeness (QED) is 0.448. The average molecular weight is 396 g/mol. The molecule has 0 aromatic carbocycles. The molecule has 0 aliphatic carbocycles. The van der Waals surface area contributed by atoms with Gasteiger partial charge < -0.3 is 9.47 Å². The van der Waals surface area contributed by atoms with Gasteiger partial charge in [0.15, 0.2) is 5.69 Å². The predicted octanol–water partition coefficient (Wildman–Crippen LogP) is 3.11. The van der Waals surface area contributed by atoms with Gasteiger partial charge in [-0.1, -0.05) is 0 Å². The molecule has 0 spiro atoms. The lowest BCUT2D eigenvalue weighted by Crippen LogP contribution is -2.20. The molecule has 0 radical (unpaired) electrons. The van der Waals surface area contributed by atoms with E-state index < -0.39 is 18.2 Å². The summed E-state index contributed by atoms with van der Waals surface area (Å²) in [7, 11) is 1.09. The molecule has 0 amide bonds. The van der Waals surface area contributed by atoms with E-state index in [-0.39, 0.29) is 17.1 Å². The fourth-order valence-corrected chi connectivity index (χ4v) is 2.24. The van der Waals surface area contributed by atoms with Gasteiger partial charge in [0.05, 0.1) is 13.0 Å². The number of pyridine rings is 1. The van der Waals surface area contributed by atoms with Gasteiger partial charge in [-0.15, -0.1) is 24.8 Å². The van der Waals surface area contributed by atoms with E-state index in [0.29, 0.717) is 3.57 Å². The molecule has 0 atom stereocenters. The fraction of sp³-hybridized carbons (Fsp3) is 0.333. The Labute approximate surface area is 119 Å². The van der Waals surface area contributed by atoms with E-state index in [9.17, 15) is 18.0 Å². The Morgan fingerprint density at radius 1 is 1.56 bits per heavy atom. The third kappa shape index (κ3) is 3.87. The number of aromatic nitrogens is 1. The van der Waals surface area contributed by atoms with Crippen molar-refractivity contribution in [3.8, 4) is 5.88 Å². The molecule has 0 bridgehead atoms. The number of carbonyl (C=O) groups excluding carboxylic acids is 1. The van der Waals surface area contributed by atoms with Crippen LogP contribution < -0.4 is 4.74 Å². The van der Waals surface area contributed by atoms with Crippen LogP contribution in [0.2, 0.25) is 0 Å². The predicted molar refractivity (Wildman–Crippen MR) is 64.5 cm³/mol. The first-order chi connectivity index (χ1) is 8.28. The topological polar surface area (TPSA) is 48.4 Å². The van der Waals surface area contributed by atoms with Gasteiger partial charge in [0, 0.05) is 9.13 Å². The van der Waals surface area contributed by atoms with E-state index in [1.807, 2.05) is 0 Å². The number of hydrogen-bond acceptors (Lipinski definition) is 4. The molecule has 1 heterocycles. The fourth-order valence-electron chi connectivity index (χ4n) is 1.04. The normalized spacial score (nSPS) is 11.2. The first-order valence-corrected chi connectivity index (χ1v) is 5.99. The SMILES string of the molecule is COC(=O)c1cc(I)c(CCl)c(OC(F)(F)F)n1. The summed E-state index contributed by atoms with van der Waals surface area (Å²) < 4.78 is 45.0. The molecule has 0 saturated heterocycles. The van der Waals surface area contributed by atoms with Crippen molar-refractivity contribution in [3.05, 3.63) is 20.9 Å². The van der Waals surface area contributed by atoms with Crippen LogP contribution in [0.25, 0.3) is 0 Å². The number of hydrogen-bond donors (Lipinski definition) is 0. The molecule has 100 valence electrons. The van der Waals surface area contributed by atoms with Crippen molar-refractivity contribution in [3.63, 3.8) is 0 Å². The molecule has 0 N–H and O–H groups in total. The van der Waals surface area contributed by atoms with Crippen LogP contribution in [0, 0.1) is 3.57 Å². The van der Waals surface area contributed by atoms with Gasteiger partial charge in [-0.05, 0) is 28.7 Å². The summed E-state index contributed by atoms with van der Waals surface area (Å²) in [4.78, 5) is 14.7. The maximum absolute atomic E-state index is 12.2. The van der Waals surface area contributed by atoms with Gasteiger partial charge in [-0.2, -0.15) is 0 Å². The van der Waals surface area contributed by atoms with Crippen molar-refractivity contribution in [2.75, 3.05) is 7.11 Å². The Morgan fingerprint density at radius 3 is 2.61 bits per heavy atom. The van der Waals surface area contributed by atoms with Crippen molar-refractivity contribution < 1.29 is 27.4 Å². The van der Waals surface area contributed by atoms with Crippen LogP contribution in [-0.4, -0.2) is 24.4 Å². The zero-order valence-corrected chi connectivity index (χ0v) is 11.8. The molecule has 4 nitrogen and oxygen atoms in total. The second-order valence-electron chi connectivity index (χ2n) is 2.95. The molecule has 9 heteroatoms. The molecule has 1 aromatic rings. The van der Waals surface area contributed by atoms with Crippen molar-refractivity contribution in [1.82, 2.24) is 4.98 Å². The van der Waals surface area contributed by atoms with Gasteiger partial charge in [0.1, 0.15) is 0 Å². The maximum atomic E-state index is 12.2. The maximum Gasteiger partial charge on any atom is 0.574 e. The third-order valence-electron chi connectivity index (χ3n) is 1.77. The van der Waals surface area contributed by atoms with E-state index in [1.165, 1.54) is 6.07 Å². The average Bonchev–Trinajstić information content (AvgIpc) is 2.25. The minimum atomic E-state index is -4.91. The number of alkyl halides is 4. The number of esters is 1. The summed E-state index contributed by atoms with van der Waals surface area (Å²) in [6.07, 6.45) is -4.91. The first kappa shape index (κ1) is 15.3. The van der Waals surface area contributed by atoms with Crippen LogP contribution in [0.15, 0.2) is 6.07 Å². The molecule has 18 heavy (non-hydrogen) atoms. The number of methoxy groups -OCH3 is 1. The van der Waals surface area contributed by atoms with Crippen LogP contribution in [0.4, 0.5) is 13.2 Å². The van der Waals surface area contributed by atoms with Crippen LogP contribution in [0.5, 0.6) is 5.88 Å². The number of ether oxygens (including phenoxy) is 2. The minimum absolute atomic E-state index is 0.0576.